The second-order valence-electron chi connectivity index (χ2n) is 3.86. The normalized spacial score (nSPS) is 11.3. The molecular formula is C13H9F3O3S. The Labute approximate surface area is 116 Å². The van der Waals surface area contributed by atoms with Crippen LogP contribution in [0.2, 0.25) is 0 Å². The van der Waals surface area contributed by atoms with Crippen LogP contribution < -0.4 is 4.74 Å². The van der Waals surface area contributed by atoms with E-state index in [0.717, 1.165) is 17.4 Å². The molecule has 0 spiro atoms. The number of thiophene rings is 1. The van der Waals surface area contributed by atoms with Crippen molar-refractivity contribution in [1.82, 2.24) is 0 Å². The van der Waals surface area contributed by atoms with Crippen LogP contribution in [0.1, 0.15) is 20.8 Å². The number of hydrogen-bond acceptors (Lipinski definition) is 3. The van der Waals surface area contributed by atoms with Gasteiger partial charge in [0.1, 0.15) is 12.4 Å². The topological polar surface area (TPSA) is 46.5 Å². The summed E-state index contributed by atoms with van der Waals surface area (Å²) in [6.07, 6.45) is -4.47. The van der Waals surface area contributed by atoms with Gasteiger partial charge in [-0.1, -0.05) is 18.2 Å². The summed E-state index contributed by atoms with van der Waals surface area (Å²) < 4.78 is 43.5. The third-order valence-corrected chi connectivity index (χ3v) is 3.41. The van der Waals surface area contributed by atoms with Gasteiger partial charge in [-0.25, -0.2) is 4.79 Å². The van der Waals surface area contributed by atoms with Crippen molar-refractivity contribution in [3.8, 4) is 5.75 Å². The molecule has 2 aromatic rings. The van der Waals surface area contributed by atoms with Crippen LogP contribution in [0, 0.1) is 0 Å². The van der Waals surface area contributed by atoms with Crippen LogP contribution in [0.15, 0.2) is 35.7 Å². The zero-order chi connectivity index (χ0) is 14.8. The summed E-state index contributed by atoms with van der Waals surface area (Å²) >= 11 is 0.956. The van der Waals surface area contributed by atoms with Crippen molar-refractivity contribution in [3.63, 3.8) is 0 Å². The number of ether oxygens (including phenoxy) is 1. The molecule has 0 radical (unpaired) electrons. The lowest BCUT2D eigenvalue weighted by Gasteiger charge is -2.13. The number of halogens is 3. The molecule has 0 unspecified atom stereocenters. The van der Waals surface area contributed by atoms with E-state index in [1.165, 1.54) is 29.6 Å². The number of carboxylic acid groups (broad SMARTS) is 1. The SMILES string of the molecule is O=C(O)c1sccc1OCc1ccccc1C(F)(F)F. The van der Waals surface area contributed by atoms with Gasteiger partial charge in [-0.15, -0.1) is 11.3 Å². The van der Waals surface area contributed by atoms with Crippen molar-refractivity contribution in [1.29, 1.82) is 0 Å². The van der Waals surface area contributed by atoms with Crippen LogP contribution in [0.25, 0.3) is 0 Å². The molecule has 0 aliphatic rings. The highest BCUT2D eigenvalue weighted by atomic mass is 32.1. The first-order valence-electron chi connectivity index (χ1n) is 5.48. The summed E-state index contributed by atoms with van der Waals surface area (Å²) in [5.41, 5.74) is -0.824. The minimum atomic E-state index is -4.47. The van der Waals surface area contributed by atoms with E-state index in [9.17, 15) is 18.0 Å². The second-order valence-corrected chi connectivity index (χ2v) is 4.78. The fourth-order valence-corrected chi connectivity index (χ4v) is 2.32. The quantitative estimate of drug-likeness (QED) is 0.927. The number of aromatic carboxylic acids is 1. The van der Waals surface area contributed by atoms with E-state index < -0.39 is 17.7 Å². The number of hydrogen-bond donors (Lipinski definition) is 1. The van der Waals surface area contributed by atoms with Gasteiger partial charge in [-0.05, 0) is 17.5 Å². The highest BCUT2D eigenvalue weighted by Gasteiger charge is 2.33. The Morgan fingerprint density at radius 2 is 1.95 bits per heavy atom. The van der Waals surface area contributed by atoms with Crippen molar-refractivity contribution >= 4 is 17.3 Å². The first-order chi connectivity index (χ1) is 9.39. The minimum Gasteiger partial charge on any atom is -0.487 e. The lowest BCUT2D eigenvalue weighted by atomic mass is 10.1. The Morgan fingerprint density at radius 1 is 1.25 bits per heavy atom. The van der Waals surface area contributed by atoms with Crippen LogP contribution in [0.5, 0.6) is 5.75 Å². The molecule has 0 saturated heterocycles. The maximum absolute atomic E-state index is 12.8. The number of carbonyl (C=O) groups is 1. The van der Waals surface area contributed by atoms with E-state index in [0.29, 0.717) is 0 Å². The van der Waals surface area contributed by atoms with E-state index >= 15 is 0 Å². The molecule has 0 aliphatic heterocycles. The molecule has 1 heterocycles. The van der Waals surface area contributed by atoms with Crippen LogP contribution in [-0.4, -0.2) is 11.1 Å². The Kier molecular flexibility index (Phi) is 3.99. The molecule has 0 bridgehead atoms. The summed E-state index contributed by atoms with van der Waals surface area (Å²) in [6, 6.07) is 6.45. The number of carboxylic acids is 1. The summed E-state index contributed by atoms with van der Waals surface area (Å²) in [6.45, 7) is -0.341. The number of benzene rings is 1. The maximum atomic E-state index is 12.8. The summed E-state index contributed by atoms with van der Waals surface area (Å²) in [5.74, 6) is -1.10. The molecule has 0 atom stereocenters. The van der Waals surface area contributed by atoms with Gasteiger partial charge in [-0.3, -0.25) is 0 Å². The summed E-state index contributed by atoms with van der Waals surface area (Å²) in [4.78, 5) is 10.8. The molecule has 0 fully saturated rings. The van der Waals surface area contributed by atoms with Gasteiger partial charge < -0.3 is 9.84 Å². The largest absolute Gasteiger partial charge is 0.487 e. The third-order valence-electron chi connectivity index (χ3n) is 2.53. The van der Waals surface area contributed by atoms with E-state index in [2.05, 4.69) is 0 Å². The minimum absolute atomic E-state index is 0.0329. The lowest BCUT2D eigenvalue weighted by molar-refractivity contribution is -0.138. The Balaban J connectivity index is 2.20. The van der Waals surface area contributed by atoms with Gasteiger partial charge in [-0.2, -0.15) is 13.2 Å². The van der Waals surface area contributed by atoms with E-state index in [1.807, 2.05) is 0 Å². The molecule has 0 aliphatic carbocycles. The standard InChI is InChI=1S/C13H9F3O3S/c14-13(15,16)9-4-2-1-3-8(9)7-19-10-5-6-20-11(10)12(17)18/h1-6H,7H2,(H,17,18). The van der Waals surface area contributed by atoms with Crippen molar-refractivity contribution in [2.45, 2.75) is 12.8 Å². The fourth-order valence-electron chi connectivity index (χ4n) is 1.65. The predicted molar refractivity (Wildman–Crippen MR) is 67.1 cm³/mol. The molecule has 106 valence electrons. The molecule has 2 rings (SSSR count). The van der Waals surface area contributed by atoms with Gasteiger partial charge in [0.25, 0.3) is 0 Å². The van der Waals surface area contributed by atoms with Gasteiger partial charge in [0.15, 0.2) is 4.88 Å². The van der Waals surface area contributed by atoms with Crippen molar-refractivity contribution in [2.24, 2.45) is 0 Å². The van der Waals surface area contributed by atoms with E-state index in [-0.39, 0.29) is 22.8 Å². The van der Waals surface area contributed by atoms with Crippen LogP contribution in [-0.2, 0) is 12.8 Å². The van der Waals surface area contributed by atoms with Gasteiger partial charge in [0.05, 0.1) is 5.56 Å². The second kappa shape index (κ2) is 5.54. The van der Waals surface area contributed by atoms with Crippen LogP contribution >= 0.6 is 11.3 Å². The van der Waals surface area contributed by atoms with Crippen molar-refractivity contribution in [2.75, 3.05) is 0 Å². The number of alkyl halides is 3. The van der Waals surface area contributed by atoms with Crippen molar-refractivity contribution in [3.05, 3.63) is 51.7 Å². The van der Waals surface area contributed by atoms with Crippen LogP contribution in [0.3, 0.4) is 0 Å². The lowest BCUT2D eigenvalue weighted by Crippen LogP contribution is -2.11. The molecule has 0 amide bonds. The maximum Gasteiger partial charge on any atom is 0.416 e. The van der Waals surface area contributed by atoms with E-state index in [4.69, 9.17) is 9.84 Å². The molecule has 3 nitrogen and oxygen atoms in total. The zero-order valence-electron chi connectivity index (χ0n) is 9.98. The smallest absolute Gasteiger partial charge is 0.416 e. The van der Waals surface area contributed by atoms with Gasteiger partial charge in [0.2, 0.25) is 0 Å². The average molecular weight is 302 g/mol. The molecule has 1 N–H and O–H groups in total. The Morgan fingerprint density at radius 3 is 2.60 bits per heavy atom. The van der Waals surface area contributed by atoms with Crippen LogP contribution in [0.4, 0.5) is 13.2 Å². The highest BCUT2D eigenvalue weighted by Crippen LogP contribution is 2.33. The molecule has 1 aromatic heterocycles. The number of rotatable bonds is 4. The Bertz CT molecular complexity index is 619. The first kappa shape index (κ1) is 14.4. The zero-order valence-corrected chi connectivity index (χ0v) is 10.8. The Hall–Kier alpha value is -2.02. The predicted octanol–water partition coefficient (Wildman–Crippen LogP) is 4.04. The summed E-state index contributed by atoms with van der Waals surface area (Å²) in [7, 11) is 0. The third kappa shape index (κ3) is 3.11. The fraction of sp³-hybridized carbons (Fsp3) is 0.154. The molecule has 0 saturated carbocycles. The molecular weight excluding hydrogens is 293 g/mol. The van der Waals surface area contributed by atoms with Gasteiger partial charge >= 0.3 is 12.1 Å². The van der Waals surface area contributed by atoms with Gasteiger partial charge in [0, 0.05) is 5.56 Å². The highest BCUT2D eigenvalue weighted by molar-refractivity contribution is 7.12. The first-order valence-corrected chi connectivity index (χ1v) is 6.36. The molecule has 1 aromatic carbocycles. The monoisotopic (exact) mass is 302 g/mol. The molecule has 7 heteroatoms. The van der Waals surface area contributed by atoms with E-state index in [1.54, 1.807) is 0 Å². The average Bonchev–Trinajstić information content (AvgIpc) is 2.84. The van der Waals surface area contributed by atoms with Crippen molar-refractivity contribution < 1.29 is 27.8 Å². The summed E-state index contributed by atoms with van der Waals surface area (Å²) in [5, 5.41) is 10.4. The molecule has 20 heavy (non-hydrogen) atoms.